The number of benzene rings is 3. The summed E-state index contributed by atoms with van der Waals surface area (Å²) in [4.78, 5) is 13.0. The number of methoxy groups -OCH3 is 1. The average molecular weight is 488 g/mol. The van der Waals surface area contributed by atoms with E-state index in [2.05, 4.69) is 52.9 Å². The molecule has 188 valence electrons. The Morgan fingerprint density at radius 2 is 1.67 bits per heavy atom. The Hall–Kier alpha value is -3.60. The van der Waals surface area contributed by atoms with Gasteiger partial charge in [0.25, 0.3) is 0 Å². The van der Waals surface area contributed by atoms with Crippen molar-refractivity contribution in [2.45, 2.75) is 59.1 Å². The minimum absolute atomic E-state index is 0.000704. The molecule has 4 rings (SSSR count). The molecular weight excluding hydrogens is 453 g/mol. The maximum Gasteiger partial charge on any atom is 0.338 e. The largest absolute Gasteiger partial charge is 0.496 e. The van der Waals surface area contributed by atoms with Gasteiger partial charge in [0.05, 0.1) is 18.2 Å². The van der Waals surface area contributed by atoms with E-state index in [0.29, 0.717) is 11.3 Å². The third-order valence-corrected chi connectivity index (χ3v) is 6.53. The molecule has 3 aromatic rings. The normalized spacial score (nSPS) is 14.4. The maximum absolute atomic E-state index is 13.9. The number of esters is 1. The average Bonchev–Trinajstić information content (AvgIpc) is 2.81. The summed E-state index contributed by atoms with van der Waals surface area (Å²) < 4.78 is 25.3. The van der Waals surface area contributed by atoms with Crippen LogP contribution in [0.3, 0.4) is 0 Å². The first-order valence-corrected chi connectivity index (χ1v) is 12.1. The molecule has 1 aliphatic heterocycles. The molecule has 0 amide bonds. The molecule has 1 aliphatic rings. The highest BCUT2D eigenvalue weighted by Gasteiger charge is 2.27. The van der Waals surface area contributed by atoms with E-state index < -0.39 is 5.97 Å². The van der Waals surface area contributed by atoms with Crippen molar-refractivity contribution in [2.75, 3.05) is 12.4 Å². The van der Waals surface area contributed by atoms with Gasteiger partial charge in [-0.1, -0.05) is 45.0 Å². The number of carbonyl (C=O) groups is 1. The highest BCUT2D eigenvalue weighted by Crippen LogP contribution is 2.42. The minimum Gasteiger partial charge on any atom is -0.496 e. The number of nitrogens with one attached hydrogen (secondary N) is 1. The van der Waals surface area contributed by atoms with Crippen LogP contribution in [0.2, 0.25) is 0 Å². The molecule has 4 nitrogen and oxygen atoms in total. The van der Waals surface area contributed by atoms with Crippen LogP contribution in [0.5, 0.6) is 5.75 Å². The van der Waals surface area contributed by atoms with Crippen LogP contribution in [0, 0.1) is 5.82 Å². The third kappa shape index (κ3) is 5.15. The molecule has 5 heteroatoms. The number of fused-ring (bicyclic) bond motifs is 1. The van der Waals surface area contributed by atoms with Gasteiger partial charge in [0.15, 0.2) is 0 Å². The summed E-state index contributed by atoms with van der Waals surface area (Å²) >= 11 is 0. The van der Waals surface area contributed by atoms with Crippen LogP contribution in [0.25, 0.3) is 16.7 Å². The van der Waals surface area contributed by atoms with Gasteiger partial charge in [-0.3, -0.25) is 0 Å². The molecule has 0 unspecified atom stereocenters. The Kier molecular flexibility index (Phi) is 6.70. The lowest BCUT2D eigenvalue weighted by Crippen LogP contribution is -2.32. The first kappa shape index (κ1) is 25.5. The molecule has 3 aromatic carbocycles. The first-order chi connectivity index (χ1) is 16.9. The molecule has 0 radical (unpaired) electrons. The van der Waals surface area contributed by atoms with E-state index in [0.717, 1.165) is 39.1 Å². The zero-order valence-electron chi connectivity index (χ0n) is 22.1. The smallest absolute Gasteiger partial charge is 0.338 e. The summed E-state index contributed by atoms with van der Waals surface area (Å²) in [5.41, 5.74) is 6.87. The predicted octanol–water partition coefficient (Wildman–Crippen LogP) is 7.76. The SMILES string of the molecule is COc1cc(F)ccc1-c1ccc2c(c1COC(=O)c1ccc(C(C)(C)C)cc1)C(C)=CC(C)(C)N2. The van der Waals surface area contributed by atoms with Crippen LogP contribution in [0.1, 0.15) is 68.6 Å². The summed E-state index contributed by atoms with van der Waals surface area (Å²) in [7, 11) is 1.52. The Morgan fingerprint density at radius 1 is 1.00 bits per heavy atom. The number of carbonyl (C=O) groups excluding carboxylic acids is 1. The summed E-state index contributed by atoms with van der Waals surface area (Å²) in [6.45, 7) is 12.7. The van der Waals surface area contributed by atoms with Crippen LogP contribution >= 0.6 is 0 Å². The number of ether oxygens (including phenoxy) is 2. The van der Waals surface area contributed by atoms with Crippen LogP contribution in [0.4, 0.5) is 10.1 Å². The number of allylic oxidation sites excluding steroid dienone is 1. The molecule has 0 bridgehead atoms. The second kappa shape index (κ2) is 9.45. The summed E-state index contributed by atoms with van der Waals surface area (Å²) in [5, 5.41) is 3.55. The van der Waals surface area contributed by atoms with E-state index in [1.165, 1.54) is 19.2 Å². The lowest BCUT2D eigenvalue weighted by molar-refractivity contribution is 0.0473. The summed E-state index contributed by atoms with van der Waals surface area (Å²) in [5.74, 6) is -0.346. The van der Waals surface area contributed by atoms with Crippen molar-refractivity contribution in [3.05, 3.63) is 88.7 Å². The molecule has 1 N–H and O–H groups in total. The lowest BCUT2D eigenvalue weighted by Gasteiger charge is -2.33. The van der Waals surface area contributed by atoms with Crippen molar-refractivity contribution < 1.29 is 18.7 Å². The van der Waals surface area contributed by atoms with Gasteiger partial charge in [-0.25, -0.2) is 9.18 Å². The van der Waals surface area contributed by atoms with Crippen molar-refractivity contribution in [1.29, 1.82) is 0 Å². The standard InChI is InChI=1S/C31H34FNO3/c1-19-17-31(5,6)33-26-15-14-23(24-13-12-22(32)16-27(24)35-7)25(28(19)26)18-36-29(34)20-8-10-21(11-9-20)30(2,3)4/h8-17,33H,18H2,1-7H3. The Bertz CT molecular complexity index is 1330. The van der Waals surface area contributed by atoms with E-state index in [1.54, 1.807) is 6.07 Å². The van der Waals surface area contributed by atoms with Gasteiger partial charge in [0, 0.05) is 28.4 Å². The fourth-order valence-corrected chi connectivity index (χ4v) is 4.82. The van der Waals surface area contributed by atoms with Gasteiger partial charge in [-0.15, -0.1) is 0 Å². The highest BCUT2D eigenvalue weighted by molar-refractivity contribution is 5.91. The highest BCUT2D eigenvalue weighted by atomic mass is 19.1. The molecule has 0 aliphatic carbocycles. The second-order valence-electron chi connectivity index (χ2n) is 10.9. The Morgan fingerprint density at radius 3 is 2.31 bits per heavy atom. The molecular formula is C31H34FNO3. The Balaban J connectivity index is 1.75. The first-order valence-electron chi connectivity index (χ1n) is 12.1. The van der Waals surface area contributed by atoms with Crippen LogP contribution < -0.4 is 10.1 Å². The number of rotatable bonds is 5. The van der Waals surface area contributed by atoms with Gasteiger partial charge in [0.1, 0.15) is 18.2 Å². The molecule has 0 spiro atoms. The lowest BCUT2D eigenvalue weighted by atomic mass is 9.85. The fraction of sp³-hybridized carbons (Fsp3) is 0.323. The van der Waals surface area contributed by atoms with E-state index >= 15 is 0 Å². The number of halogens is 1. The van der Waals surface area contributed by atoms with Gasteiger partial charge in [0.2, 0.25) is 0 Å². The molecule has 0 atom stereocenters. The molecule has 0 saturated carbocycles. The number of hydrogen-bond acceptors (Lipinski definition) is 4. The van der Waals surface area contributed by atoms with Crippen LogP contribution in [-0.2, 0) is 16.8 Å². The number of anilines is 1. The van der Waals surface area contributed by atoms with E-state index in [1.807, 2.05) is 36.4 Å². The molecule has 0 saturated heterocycles. The van der Waals surface area contributed by atoms with Crippen molar-refractivity contribution in [3.8, 4) is 16.9 Å². The molecule has 0 aromatic heterocycles. The van der Waals surface area contributed by atoms with Crippen molar-refractivity contribution in [2.24, 2.45) is 0 Å². The molecule has 1 heterocycles. The minimum atomic E-state index is -0.393. The monoisotopic (exact) mass is 487 g/mol. The topological polar surface area (TPSA) is 47.6 Å². The van der Waals surface area contributed by atoms with Crippen LogP contribution in [0.15, 0.2) is 60.7 Å². The quantitative estimate of drug-likeness (QED) is 0.374. The summed E-state index contributed by atoms with van der Waals surface area (Å²) in [6, 6.07) is 16.0. The third-order valence-electron chi connectivity index (χ3n) is 6.53. The van der Waals surface area contributed by atoms with Crippen LogP contribution in [-0.4, -0.2) is 18.6 Å². The van der Waals surface area contributed by atoms with Crippen molar-refractivity contribution >= 4 is 17.2 Å². The zero-order chi connectivity index (χ0) is 26.3. The Labute approximate surface area is 213 Å². The summed E-state index contributed by atoms with van der Waals surface area (Å²) in [6.07, 6.45) is 2.16. The maximum atomic E-state index is 13.9. The van der Waals surface area contributed by atoms with Gasteiger partial charge in [-0.05, 0) is 73.2 Å². The van der Waals surface area contributed by atoms with E-state index in [4.69, 9.17) is 9.47 Å². The predicted molar refractivity (Wildman–Crippen MR) is 144 cm³/mol. The zero-order valence-corrected chi connectivity index (χ0v) is 22.1. The molecule has 36 heavy (non-hydrogen) atoms. The number of hydrogen-bond donors (Lipinski definition) is 1. The van der Waals surface area contributed by atoms with Gasteiger partial charge >= 0.3 is 5.97 Å². The van der Waals surface area contributed by atoms with Gasteiger partial charge < -0.3 is 14.8 Å². The molecule has 0 fully saturated rings. The van der Waals surface area contributed by atoms with E-state index in [9.17, 15) is 9.18 Å². The fourth-order valence-electron chi connectivity index (χ4n) is 4.82. The van der Waals surface area contributed by atoms with Crippen molar-refractivity contribution in [1.82, 2.24) is 0 Å². The second-order valence-corrected chi connectivity index (χ2v) is 10.9. The van der Waals surface area contributed by atoms with Crippen molar-refractivity contribution in [3.63, 3.8) is 0 Å². The van der Waals surface area contributed by atoms with E-state index in [-0.39, 0.29) is 23.4 Å². The van der Waals surface area contributed by atoms with Gasteiger partial charge in [-0.2, -0.15) is 0 Å².